The number of aryl methyl sites for hydroxylation is 1. The summed E-state index contributed by atoms with van der Waals surface area (Å²) in [7, 11) is 1.41. The fraction of sp³-hybridized carbons (Fsp3) is 0.611. The molecule has 2 fully saturated rings. The number of aliphatic hydroxyl groups is 1. The number of likely N-dealkylation sites (tertiary alicyclic amines) is 1. The first kappa shape index (κ1) is 17.0. The van der Waals surface area contributed by atoms with E-state index in [1.165, 1.54) is 13.2 Å². The van der Waals surface area contributed by atoms with E-state index in [4.69, 9.17) is 4.74 Å². The van der Waals surface area contributed by atoms with Gasteiger partial charge in [-0.3, -0.25) is 0 Å². The summed E-state index contributed by atoms with van der Waals surface area (Å²) >= 11 is 0. The van der Waals surface area contributed by atoms with Crippen LogP contribution in [0.25, 0.3) is 0 Å². The SMILES string of the molecule is COc1cc(C)c(NC(=O)N2CC[C@]3(O)CCCC[C@H]3C2)cc1F. The Labute approximate surface area is 141 Å². The Balaban J connectivity index is 1.69. The molecule has 1 aliphatic carbocycles. The number of ether oxygens (including phenoxy) is 1. The van der Waals surface area contributed by atoms with Crippen molar-refractivity contribution in [3.05, 3.63) is 23.5 Å². The number of anilines is 1. The average Bonchev–Trinajstić information content (AvgIpc) is 2.56. The maximum Gasteiger partial charge on any atom is 0.321 e. The van der Waals surface area contributed by atoms with E-state index in [9.17, 15) is 14.3 Å². The van der Waals surface area contributed by atoms with Gasteiger partial charge >= 0.3 is 6.03 Å². The van der Waals surface area contributed by atoms with Crippen LogP contribution in [0, 0.1) is 18.7 Å². The molecular weight excluding hydrogens is 311 g/mol. The largest absolute Gasteiger partial charge is 0.494 e. The lowest BCUT2D eigenvalue weighted by Crippen LogP contribution is -2.55. The van der Waals surface area contributed by atoms with Crippen LogP contribution in [0.4, 0.5) is 14.9 Å². The van der Waals surface area contributed by atoms with Crippen LogP contribution in [0.5, 0.6) is 5.75 Å². The minimum Gasteiger partial charge on any atom is -0.494 e. The van der Waals surface area contributed by atoms with Crippen molar-refractivity contribution < 1.29 is 19.0 Å². The molecule has 6 heteroatoms. The minimum absolute atomic E-state index is 0.138. The van der Waals surface area contributed by atoms with Gasteiger partial charge in [0.25, 0.3) is 0 Å². The van der Waals surface area contributed by atoms with Crippen molar-refractivity contribution >= 4 is 11.7 Å². The Bertz CT molecular complexity index is 637. The lowest BCUT2D eigenvalue weighted by atomic mass is 9.71. The molecule has 2 atom stereocenters. The normalized spacial score (nSPS) is 26.7. The Morgan fingerprint density at radius 2 is 2.21 bits per heavy atom. The highest BCUT2D eigenvalue weighted by Gasteiger charge is 2.43. The fourth-order valence-corrected chi connectivity index (χ4v) is 3.90. The summed E-state index contributed by atoms with van der Waals surface area (Å²) < 4.78 is 18.8. The van der Waals surface area contributed by atoms with E-state index in [2.05, 4.69) is 5.32 Å². The Morgan fingerprint density at radius 3 is 2.96 bits per heavy atom. The summed E-state index contributed by atoms with van der Waals surface area (Å²) in [5, 5.41) is 13.5. The predicted octanol–water partition coefficient (Wildman–Crippen LogP) is 3.30. The highest BCUT2D eigenvalue weighted by molar-refractivity contribution is 5.90. The molecule has 2 N–H and O–H groups in total. The highest BCUT2D eigenvalue weighted by Crippen LogP contribution is 2.40. The highest BCUT2D eigenvalue weighted by atomic mass is 19.1. The number of halogens is 1. The molecule has 1 aromatic rings. The molecule has 0 aromatic heterocycles. The number of nitrogens with one attached hydrogen (secondary N) is 1. The second-order valence-electron chi connectivity index (χ2n) is 6.97. The summed E-state index contributed by atoms with van der Waals surface area (Å²) in [6.45, 7) is 2.88. The van der Waals surface area contributed by atoms with Crippen LogP contribution in [0.1, 0.15) is 37.7 Å². The molecule has 0 radical (unpaired) electrons. The summed E-state index contributed by atoms with van der Waals surface area (Å²) in [5.74, 6) is -0.200. The number of methoxy groups -OCH3 is 1. The van der Waals surface area contributed by atoms with E-state index >= 15 is 0 Å². The second kappa shape index (κ2) is 6.59. The molecule has 0 spiro atoms. The zero-order valence-corrected chi connectivity index (χ0v) is 14.3. The molecule has 2 aliphatic rings. The quantitative estimate of drug-likeness (QED) is 0.871. The predicted molar refractivity (Wildman–Crippen MR) is 89.8 cm³/mol. The van der Waals surface area contributed by atoms with Gasteiger partial charge in [0.2, 0.25) is 0 Å². The number of hydrogen-bond acceptors (Lipinski definition) is 3. The van der Waals surface area contributed by atoms with Crippen LogP contribution in [0.3, 0.4) is 0 Å². The standard InChI is InChI=1S/C18H25FN2O3/c1-12-9-16(24-2)14(19)10-15(12)20-17(22)21-8-7-18(23)6-4-3-5-13(18)11-21/h9-10,13,23H,3-8,11H2,1-2H3,(H,20,22)/t13-,18+/m0/s1. The van der Waals surface area contributed by atoms with Crippen molar-refractivity contribution in [2.24, 2.45) is 5.92 Å². The molecule has 0 unspecified atom stereocenters. The lowest BCUT2D eigenvalue weighted by molar-refractivity contribution is -0.0863. The number of piperidine rings is 1. The molecule has 1 aliphatic heterocycles. The van der Waals surface area contributed by atoms with E-state index < -0.39 is 11.4 Å². The van der Waals surface area contributed by atoms with Gasteiger partial charge in [0.05, 0.1) is 12.7 Å². The number of rotatable bonds is 2. The average molecular weight is 336 g/mol. The number of carbonyl (C=O) groups is 1. The molecule has 132 valence electrons. The number of benzene rings is 1. The molecule has 3 rings (SSSR count). The van der Waals surface area contributed by atoms with Crippen molar-refractivity contribution in [2.75, 3.05) is 25.5 Å². The van der Waals surface area contributed by atoms with Crippen LogP contribution in [0.15, 0.2) is 12.1 Å². The molecule has 5 nitrogen and oxygen atoms in total. The zero-order chi connectivity index (χ0) is 17.3. The van der Waals surface area contributed by atoms with Gasteiger partial charge in [-0.25, -0.2) is 9.18 Å². The third kappa shape index (κ3) is 3.20. The van der Waals surface area contributed by atoms with Crippen LogP contribution in [-0.4, -0.2) is 41.8 Å². The summed E-state index contributed by atoms with van der Waals surface area (Å²) in [4.78, 5) is 14.3. The molecule has 2 amide bonds. The number of carbonyl (C=O) groups excluding carboxylic acids is 1. The Kier molecular flexibility index (Phi) is 4.67. The maximum atomic E-state index is 13.9. The molecule has 1 heterocycles. The van der Waals surface area contributed by atoms with Crippen molar-refractivity contribution in [2.45, 2.75) is 44.6 Å². The number of hydrogen-bond donors (Lipinski definition) is 2. The summed E-state index contributed by atoms with van der Waals surface area (Å²) in [6, 6.07) is 2.61. The van der Waals surface area contributed by atoms with E-state index in [0.29, 0.717) is 25.2 Å². The van der Waals surface area contributed by atoms with Crippen LogP contribution in [-0.2, 0) is 0 Å². The monoisotopic (exact) mass is 336 g/mol. The number of nitrogens with zero attached hydrogens (tertiary/aromatic N) is 1. The van der Waals surface area contributed by atoms with Crippen LogP contribution >= 0.6 is 0 Å². The lowest BCUT2D eigenvalue weighted by Gasteiger charge is -2.47. The summed E-state index contributed by atoms with van der Waals surface area (Å²) in [6.07, 6.45) is 4.56. The zero-order valence-electron chi connectivity index (χ0n) is 14.3. The first-order valence-electron chi connectivity index (χ1n) is 8.55. The van der Waals surface area contributed by atoms with Crippen molar-refractivity contribution in [1.29, 1.82) is 0 Å². The smallest absolute Gasteiger partial charge is 0.321 e. The fourth-order valence-electron chi connectivity index (χ4n) is 3.90. The molecular formula is C18H25FN2O3. The van der Waals surface area contributed by atoms with Gasteiger partial charge in [0, 0.05) is 30.8 Å². The van der Waals surface area contributed by atoms with Gasteiger partial charge in [0.15, 0.2) is 11.6 Å². The van der Waals surface area contributed by atoms with E-state index in [-0.39, 0.29) is 17.7 Å². The van der Waals surface area contributed by atoms with Crippen LogP contribution < -0.4 is 10.1 Å². The number of urea groups is 1. The minimum atomic E-state index is -0.614. The van der Waals surface area contributed by atoms with E-state index in [0.717, 1.165) is 31.2 Å². The maximum absolute atomic E-state index is 13.9. The first-order valence-corrected chi connectivity index (χ1v) is 8.55. The van der Waals surface area contributed by atoms with Gasteiger partial charge in [-0.05, 0) is 37.8 Å². The first-order chi connectivity index (χ1) is 11.4. The van der Waals surface area contributed by atoms with Crippen molar-refractivity contribution in [3.8, 4) is 5.75 Å². The van der Waals surface area contributed by atoms with Gasteiger partial charge in [-0.15, -0.1) is 0 Å². The number of fused-ring (bicyclic) bond motifs is 1. The van der Waals surface area contributed by atoms with Gasteiger partial charge in [-0.1, -0.05) is 12.8 Å². The van der Waals surface area contributed by atoms with Crippen molar-refractivity contribution in [1.82, 2.24) is 4.90 Å². The topological polar surface area (TPSA) is 61.8 Å². The summed E-state index contributed by atoms with van der Waals surface area (Å²) in [5.41, 5.74) is 0.576. The van der Waals surface area contributed by atoms with Gasteiger partial charge < -0.3 is 20.1 Å². The van der Waals surface area contributed by atoms with Crippen LogP contribution in [0.2, 0.25) is 0 Å². The molecule has 1 aromatic carbocycles. The molecule has 1 saturated heterocycles. The van der Waals surface area contributed by atoms with Gasteiger partial charge in [-0.2, -0.15) is 0 Å². The van der Waals surface area contributed by atoms with Crippen molar-refractivity contribution in [3.63, 3.8) is 0 Å². The van der Waals surface area contributed by atoms with E-state index in [1.807, 2.05) is 0 Å². The van der Waals surface area contributed by atoms with E-state index in [1.54, 1.807) is 17.9 Å². The van der Waals surface area contributed by atoms with Gasteiger partial charge in [0.1, 0.15) is 0 Å². The Hall–Kier alpha value is -1.82. The third-order valence-electron chi connectivity index (χ3n) is 5.46. The number of amides is 2. The Morgan fingerprint density at radius 1 is 1.42 bits per heavy atom. The molecule has 1 saturated carbocycles. The molecule has 24 heavy (non-hydrogen) atoms. The third-order valence-corrected chi connectivity index (χ3v) is 5.46. The molecule has 0 bridgehead atoms. The second-order valence-corrected chi connectivity index (χ2v) is 6.97.